The Morgan fingerprint density at radius 1 is 1.20 bits per heavy atom. The molecule has 1 aromatic carbocycles. The lowest BCUT2D eigenvalue weighted by Crippen LogP contribution is -2.42. The van der Waals surface area contributed by atoms with E-state index in [4.69, 9.17) is 16.0 Å². The molecule has 30 heavy (non-hydrogen) atoms. The van der Waals surface area contributed by atoms with E-state index in [1.165, 1.54) is 16.8 Å². The molecule has 1 saturated heterocycles. The average molecular weight is 429 g/mol. The number of nitrogens with zero attached hydrogens (tertiary/aromatic N) is 3. The number of rotatable bonds is 5. The number of carbonyl (C=O) groups is 1. The van der Waals surface area contributed by atoms with Gasteiger partial charge >= 0.3 is 5.69 Å². The van der Waals surface area contributed by atoms with E-state index in [0.717, 1.165) is 24.8 Å². The van der Waals surface area contributed by atoms with E-state index < -0.39 is 11.2 Å². The molecule has 1 aliphatic heterocycles. The first-order chi connectivity index (χ1) is 14.5. The number of carbonyl (C=O) groups excluding carboxylic acids is 1. The zero-order valence-electron chi connectivity index (χ0n) is 16.2. The van der Waals surface area contributed by atoms with Crippen molar-refractivity contribution in [1.82, 2.24) is 19.4 Å². The number of piperidine rings is 1. The maximum atomic E-state index is 12.9. The molecule has 1 fully saturated rings. The Morgan fingerprint density at radius 3 is 2.77 bits per heavy atom. The number of nitrogens with one attached hydrogen (secondary N) is 1. The van der Waals surface area contributed by atoms with E-state index in [9.17, 15) is 14.4 Å². The monoisotopic (exact) mass is 428 g/mol. The van der Waals surface area contributed by atoms with Gasteiger partial charge in [0.25, 0.3) is 5.56 Å². The van der Waals surface area contributed by atoms with Crippen molar-refractivity contribution in [2.24, 2.45) is 0 Å². The minimum Gasteiger partial charge on any atom is -0.443 e. The summed E-state index contributed by atoms with van der Waals surface area (Å²) in [5, 5.41) is 0.676. The number of likely N-dealkylation sites (tertiary alicyclic amines) is 1. The van der Waals surface area contributed by atoms with Gasteiger partial charge in [0, 0.05) is 30.3 Å². The van der Waals surface area contributed by atoms with Crippen LogP contribution in [0.5, 0.6) is 0 Å². The van der Waals surface area contributed by atoms with Crippen molar-refractivity contribution in [2.45, 2.75) is 38.3 Å². The van der Waals surface area contributed by atoms with Crippen LogP contribution in [0.15, 0.2) is 56.7 Å². The molecule has 4 rings (SSSR count). The molecular formula is C21H21ClN4O4. The van der Waals surface area contributed by atoms with Gasteiger partial charge < -0.3 is 9.32 Å². The van der Waals surface area contributed by atoms with Crippen LogP contribution in [0.2, 0.25) is 5.02 Å². The lowest BCUT2D eigenvalue weighted by molar-refractivity contribution is -0.136. The van der Waals surface area contributed by atoms with Crippen molar-refractivity contribution in [3.63, 3.8) is 0 Å². The predicted octanol–water partition coefficient (Wildman–Crippen LogP) is 2.52. The normalized spacial score (nSPS) is 16.6. The standard InChI is InChI=1S/C21H21ClN4O4/c22-15-6-4-14(5-7-15)11-16-12-23-20(30-16)17-3-1-2-9-26(17)19(28)13-25-10-8-18(27)24-21(25)29/h4-8,10,12,17H,1-3,9,11,13H2,(H,24,27,29). The third kappa shape index (κ3) is 4.54. The van der Waals surface area contributed by atoms with E-state index in [0.29, 0.717) is 29.6 Å². The Balaban J connectivity index is 1.50. The van der Waals surface area contributed by atoms with Crippen molar-refractivity contribution >= 4 is 17.5 Å². The lowest BCUT2D eigenvalue weighted by Gasteiger charge is -2.33. The van der Waals surface area contributed by atoms with Gasteiger partial charge in [-0.3, -0.25) is 19.1 Å². The fourth-order valence-corrected chi connectivity index (χ4v) is 3.78. The number of H-pyrrole nitrogens is 1. The van der Waals surface area contributed by atoms with Gasteiger partial charge in [-0.05, 0) is 37.0 Å². The molecule has 0 radical (unpaired) electrons. The second-order valence-corrected chi connectivity index (χ2v) is 7.74. The number of benzene rings is 1. The molecule has 1 N–H and O–H groups in total. The highest BCUT2D eigenvalue weighted by atomic mass is 35.5. The average Bonchev–Trinajstić information content (AvgIpc) is 3.20. The molecular weight excluding hydrogens is 408 g/mol. The Kier molecular flexibility index (Phi) is 5.85. The van der Waals surface area contributed by atoms with Crippen LogP contribution in [0.4, 0.5) is 0 Å². The van der Waals surface area contributed by atoms with Gasteiger partial charge in [0.05, 0.1) is 6.20 Å². The van der Waals surface area contributed by atoms with Gasteiger partial charge in [-0.15, -0.1) is 0 Å². The number of aromatic nitrogens is 3. The zero-order chi connectivity index (χ0) is 21.1. The first-order valence-corrected chi connectivity index (χ1v) is 10.2. The highest BCUT2D eigenvalue weighted by molar-refractivity contribution is 6.30. The topological polar surface area (TPSA) is 101 Å². The fourth-order valence-electron chi connectivity index (χ4n) is 3.65. The number of oxazole rings is 1. The second-order valence-electron chi connectivity index (χ2n) is 7.30. The van der Waals surface area contributed by atoms with E-state index in [-0.39, 0.29) is 18.5 Å². The van der Waals surface area contributed by atoms with Gasteiger partial charge in [0.15, 0.2) is 0 Å². The highest BCUT2D eigenvalue weighted by Crippen LogP contribution is 2.31. The van der Waals surface area contributed by atoms with Crippen LogP contribution < -0.4 is 11.2 Å². The van der Waals surface area contributed by atoms with Crippen LogP contribution in [-0.2, 0) is 17.8 Å². The lowest BCUT2D eigenvalue weighted by atomic mass is 10.0. The summed E-state index contributed by atoms with van der Waals surface area (Å²) in [5.74, 6) is 0.995. The molecule has 2 aromatic heterocycles. The largest absolute Gasteiger partial charge is 0.443 e. The maximum absolute atomic E-state index is 12.9. The smallest absolute Gasteiger partial charge is 0.328 e. The number of hydrogen-bond acceptors (Lipinski definition) is 5. The minimum absolute atomic E-state index is 0.148. The summed E-state index contributed by atoms with van der Waals surface area (Å²) in [6.07, 6.45) is 6.18. The zero-order valence-corrected chi connectivity index (χ0v) is 17.0. The van der Waals surface area contributed by atoms with E-state index in [1.54, 1.807) is 11.1 Å². The number of aromatic amines is 1. The maximum Gasteiger partial charge on any atom is 0.328 e. The van der Waals surface area contributed by atoms with Gasteiger partial charge in [0.2, 0.25) is 11.8 Å². The summed E-state index contributed by atoms with van der Waals surface area (Å²) in [4.78, 5) is 44.3. The second kappa shape index (κ2) is 8.71. The summed E-state index contributed by atoms with van der Waals surface area (Å²) in [6, 6.07) is 8.47. The van der Waals surface area contributed by atoms with E-state index in [2.05, 4.69) is 9.97 Å². The Labute approximate surface area is 177 Å². The predicted molar refractivity (Wildman–Crippen MR) is 110 cm³/mol. The van der Waals surface area contributed by atoms with Crippen molar-refractivity contribution in [2.75, 3.05) is 6.54 Å². The summed E-state index contributed by atoms with van der Waals surface area (Å²) in [6.45, 7) is 0.418. The molecule has 3 aromatic rings. The molecule has 0 bridgehead atoms. The van der Waals surface area contributed by atoms with Crippen molar-refractivity contribution in [3.05, 3.63) is 85.8 Å². The molecule has 8 nitrogen and oxygen atoms in total. The Morgan fingerprint density at radius 2 is 2.00 bits per heavy atom. The summed E-state index contributed by atoms with van der Waals surface area (Å²) < 4.78 is 7.16. The van der Waals surface area contributed by atoms with Crippen molar-refractivity contribution < 1.29 is 9.21 Å². The van der Waals surface area contributed by atoms with Crippen LogP contribution in [0.25, 0.3) is 0 Å². The Bertz CT molecular complexity index is 1150. The summed E-state index contributed by atoms with van der Waals surface area (Å²) in [7, 11) is 0. The quantitative estimate of drug-likeness (QED) is 0.672. The summed E-state index contributed by atoms with van der Waals surface area (Å²) >= 11 is 5.93. The minimum atomic E-state index is -0.606. The molecule has 156 valence electrons. The third-order valence-corrected chi connectivity index (χ3v) is 5.43. The highest BCUT2D eigenvalue weighted by Gasteiger charge is 2.31. The number of halogens is 1. The van der Waals surface area contributed by atoms with Crippen molar-refractivity contribution in [1.29, 1.82) is 0 Å². The molecule has 1 aliphatic rings. The molecule has 0 aliphatic carbocycles. The molecule has 1 atom stereocenters. The first-order valence-electron chi connectivity index (χ1n) is 9.78. The Hall–Kier alpha value is -3.13. The van der Waals surface area contributed by atoms with Crippen LogP contribution in [-0.4, -0.2) is 31.9 Å². The van der Waals surface area contributed by atoms with Crippen LogP contribution in [0.1, 0.15) is 42.5 Å². The molecule has 9 heteroatoms. The molecule has 1 unspecified atom stereocenters. The van der Waals surface area contributed by atoms with Gasteiger partial charge in [-0.2, -0.15) is 0 Å². The first kappa shape index (κ1) is 20.2. The number of amides is 1. The molecule has 3 heterocycles. The van der Waals surface area contributed by atoms with Crippen LogP contribution >= 0.6 is 11.6 Å². The van der Waals surface area contributed by atoms with Gasteiger partial charge in [-0.25, -0.2) is 9.78 Å². The summed E-state index contributed by atoms with van der Waals surface area (Å²) in [5.41, 5.74) is -0.0468. The van der Waals surface area contributed by atoms with Crippen LogP contribution in [0, 0.1) is 0 Å². The third-order valence-electron chi connectivity index (χ3n) is 5.17. The van der Waals surface area contributed by atoms with Gasteiger partial charge in [0.1, 0.15) is 18.3 Å². The van der Waals surface area contributed by atoms with Crippen molar-refractivity contribution in [3.8, 4) is 0 Å². The van der Waals surface area contributed by atoms with E-state index >= 15 is 0 Å². The SMILES string of the molecule is O=C(Cn1ccc(=O)[nH]c1=O)N1CCCCC1c1ncc(Cc2ccc(Cl)cc2)o1. The van der Waals surface area contributed by atoms with Gasteiger partial charge in [-0.1, -0.05) is 23.7 Å². The molecule has 0 spiro atoms. The fraction of sp³-hybridized carbons (Fsp3) is 0.333. The van der Waals surface area contributed by atoms with E-state index in [1.807, 2.05) is 24.3 Å². The molecule has 1 amide bonds. The number of hydrogen-bond donors (Lipinski definition) is 1. The van der Waals surface area contributed by atoms with Crippen LogP contribution in [0.3, 0.4) is 0 Å². The molecule has 0 saturated carbocycles.